The van der Waals surface area contributed by atoms with Crippen LogP contribution < -0.4 is 10.5 Å². The zero-order valence-corrected chi connectivity index (χ0v) is 16.0. The molecule has 0 spiro atoms. The van der Waals surface area contributed by atoms with E-state index in [0.717, 1.165) is 16.8 Å². The zero-order valence-electron chi connectivity index (χ0n) is 16.0. The molecule has 0 atom stereocenters. The van der Waals surface area contributed by atoms with Crippen molar-refractivity contribution < 1.29 is 4.74 Å². The molecule has 5 aromatic rings. The first-order valence-corrected chi connectivity index (χ1v) is 8.86. The number of nitrogens with two attached hydrogens (primary N) is 1. The van der Waals surface area contributed by atoms with Gasteiger partial charge in [-0.25, -0.2) is 9.50 Å². The van der Waals surface area contributed by atoms with Crippen LogP contribution in [0.2, 0.25) is 0 Å². The number of hydrogen-bond acceptors (Lipinski definition) is 7. The number of nitrogens with zero attached hydrogens (tertiary/aromatic N) is 8. The van der Waals surface area contributed by atoms with Crippen LogP contribution in [-0.4, -0.2) is 44.1 Å². The van der Waals surface area contributed by atoms with E-state index in [1.54, 1.807) is 21.5 Å². The second-order valence-corrected chi connectivity index (χ2v) is 6.70. The van der Waals surface area contributed by atoms with E-state index in [0.29, 0.717) is 34.7 Å². The Morgan fingerprint density at radius 2 is 2.03 bits per heavy atom. The molecule has 0 aliphatic rings. The van der Waals surface area contributed by atoms with E-state index in [4.69, 9.17) is 10.5 Å². The minimum Gasteiger partial charge on any atom is -0.417 e. The maximum absolute atomic E-state index is 5.97. The Morgan fingerprint density at radius 3 is 2.69 bits per heavy atom. The maximum Gasteiger partial charge on any atom is 0.249 e. The highest BCUT2D eigenvalue weighted by molar-refractivity contribution is 5.77. The van der Waals surface area contributed by atoms with E-state index >= 15 is 0 Å². The first kappa shape index (κ1) is 17.0. The summed E-state index contributed by atoms with van der Waals surface area (Å²) in [6.45, 7) is 1.98. The molecule has 5 rings (SSSR count). The molecule has 29 heavy (non-hydrogen) atoms. The lowest BCUT2D eigenvalue weighted by atomic mass is 10.1. The Kier molecular flexibility index (Phi) is 3.63. The van der Waals surface area contributed by atoms with Crippen molar-refractivity contribution >= 4 is 11.3 Å². The van der Waals surface area contributed by atoms with Gasteiger partial charge >= 0.3 is 0 Å². The van der Waals surface area contributed by atoms with E-state index in [1.807, 2.05) is 50.2 Å². The molecule has 0 aromatic carbocycles. The van der Waals surface area contributed by atoms with E-state index in [9.17, 15) is 0 Å². The summed E-state index contributed by atoms with van der Waals surface area (Å²) in [6, 6.07) is 3.54. The van der Waals surface area contributed by atoms with Crippen molar-refractivity contribution in [3.8, 4) is 34.7 Å². The van der Waals surface area contributed by atoms with Crippen molar-refractivity contribution in [3.63, 3.8) is 0 Å². The van der Waals surface area contributed by atoms with Gasteiger partial charge in [0.05, 0.1) is 5.69 Å². The van der Waals surface area contributed by atoms with Crippen LogP contribution in [0.5, 0.6) is 11.8 Å². The minimum atomic E-state index is 0.314. The van der Waals surface area contributed by atoms with Gasteiger partial charge in [-0.15, -0.1) is 10.2 Å². The first-order chi connectivity index (χ1) is 14.0. The maximum atomic E-state index is 5.97. The number of H-pyrrole nitrogens is 1. The van der Waals surface area contributed by atoms with E-state index in [-0.39, 0.29) is 0 Å². The summed E-state index contributed by atoms with van der Waals surface area (Å²) < 4.78 is 11.3. The summed E-state index contributed by atoms with van der Waals surface area (Å²) in [5.41, 5.74) is 9.15. The number of anilines is 1. The average molecular weight is 390 g/mol. The van der Waals surface area contributed by atoms with Crippen molar-refractivity contribution in [3.05, 3.63) is 42.5 Å². The van der Waals surface area contributed by atoms with Gasteiger partial charge in [0, 0.05) is 50.5 Å². The average Bonchev–Trinajstić information content (AvgIpc) is 3.45. The smallest absolute Gasteiger partial charge is 0.249 e. The third-order valence-corrected chi connectivity index (χ3v) is 4.64. The lowest BCUT2D eigenvalue weighted by molar-refractivity contribution is 0.444. The normalized spacial score (nSPS) is 11.4. The fraction of sp³-hybridized carbons (Fsp3) is 0.167. The minimum absolute atomic E-state index is 0.314. The van der Waals surface area contributed by atoms with E-state index < -0.39 is 0 Å². The molecule has 5 aromatic heterocycles. The van der Waals surface area contributed by atoms with Crippen LogP contribution >= 0.6 is 0 Å². The fourth-order valence-corrected chi connectivity index (χ4v) is 3.23. The highest BCUT2D eigenvalue weighted by atomic mass is 16.5. The molecule has 0 saturated heterocycles. The number of aryl methyl sites for hydroxylation is 3. The van der Waals surface area contributed by atoms with E-state index in [2.05, 4.69) is 30.4 Å². The lowest BCUT2D eigenvalue weighted by Gasteiger charge is -2.08. The highest BCUT2D eigenvalue weighted by Crippen LogP contribution is 2.33. The van der Waals surface area contributed by atoms with Crippen molar-refractivity contribution in [2.75, 3.05) is 5.73 Å². The summed E-state index contributed by atoms with van der Waals surface area (Å²) in [5, 5.41) is 15.9. The number of nitrogen functional groups attached to an aromatic ring is 1. The van der Waals surface area contributed by atoms with Gasteiger partial charge in [0.2, 0.25) is 17.6 Å². The Labute approximate surface area is 164 Å². The number of imidazole rings is 1. The Balaban J connectivity index is 1.74. The lowest BCUT2D eigenvalue weighted by Crippen LogP contribution is -2.04. The number of hydrogen-bond donors (Lipinski definition) is 2. The highest BCUT2D eigenvalue weighted by Gasteiger charge is 2.21. The number of aromatic nitrogens is 9. The molecule has 0 aliphatic heterocycles. The molecule has 0 unspecified atom stereocenters. The molecule has 0 amide bonds. The zero-order chi connectivity index (χ0) is 20.1. The number of ether oxygens (including phenoxy) is 1. The predicted molar refractivity (Wildman–Crippen MR) is 105 cm³/mol. The predicted octanol–water partition coefficient (Wildman–Crippen LogP) is 1.94. The molecule has 3 N–H and O–H groups in total. The molecule has 11 heteroatoms. The van der Waals surface area contributed by atoms with Crippen molar-refractivity contribution in [2.45, 2.75) is 6.92 Å². The van der Waals surface area contributed by atoms with Gasteiger partial charge in [0.15, 0.2) is 5.82 Å². The van der Waals surface area contributed by atoms with Gasteiger partial charge in [-0.1, -0.05) is 0 Å². The second kappa shape index (κ2) is 6.19. The van der Waals surface area contributed by atoms with Crippen LogP contribution in [0.25, 0.3) is 28.4 Å². The SMILES string of the molecule is Cc1c(-c2ccn(C)n2)cn2nc(-c3nccn3C)nc(Oc3cc(N)[nH]n3)c12. The first-order valence-electron chi connectivity index (χ1n) is 8.86. The van der Waals surface area contributed by atoms with Crippen LogP contribution in [0, 0.1) is 6.92 Å². The van der Waals surface area contributed by atoms with Crippen LogP contribution in [0.15, 0.2) is 36.9 Å². The van der Waals surface area contributed by atoms with Crippen LogP contribution in [-0.2, 0) is 14.1 Å². The van der Waals surface area contributed by atoms with Crippen molar-refractivity contribution in [1.82, 2.24) is 44.1 Å². The van der Waals surface area contributed by atoms with Gasteiger partial charge in [0.1, 0.15) is 11.3 Å². The van der Waals surface area contributed by atoms with Gasteiger partial charge in [-0.3, -0.25) is 9.78 Å². The van der Waals surface area contributed by atoms with Gasteiger partial charge in [-0.2, -0.15) is 10.1 Å². The van der Waals surface area contributed by atoms with Gasteiger partial charge < -0.3 is 15.0 Å². The topological polar surface area (TPSA) is 130 Å². The number of aromatic amines is 1. The summed E-state index contributed by atoms with van der Waals surface area (Å²) in [5.74, 6) is 2.10. The second-order valence-electron chi connectivity index (χ2n) is 6.70. The summed E-state index contributed by atoms with van der Waals surface area (Å²) in [7, 11) is 3.76. The summed E-state index contributed by atoms with van der Waals surface area (Å²) >= 11 is 0. The number of nitrogens with one attached hydrogen (secondary N) is 1. The standard InChI is InChI=1S/C18H18N10O/c1-10-11(12-4-6-27(3)24-12)9-28-15(10)18(29-14-8-13(19)22-23-14)21-16(25-28)17-20-5-7-26(17)2/h4-9H,1-3H3,(H3,19,22,23). The number of fused-ring (bicyclic) bond motifs is 1. The van der Waals surface area contributed by atoms with Crippen molar-refractivity contribution in [1.29, 1.82) is 0 Å². The number of rotatable bonds is 4. The third kappa shape index (κ3) is 2.79. The molecule has 0 aliphatic carbocycles. The summed E-state index contributed by atoms with van der Waals surface area (Å²) in [4.78, 5) is 8.97. The van der Waals surface area contributed by atoms with Crippen LogP contribution in [0.1, 0.15) is 5.56 Å². The van der Waals surface area contributed by atoms with E-state index in [1.165, 1.54) is 0 Å². The molecule has 0 saturated carbocycles. The monoisotopic (exact) mass is 390 g/mol. The Bertz CT molecular complexity index is 1340. The summed E-state index contributed by atoms with van der Waals surface area (Å²) in [6.07, 6.45) is 7.33. The molecule has 0 bridgehead atoms. The van der Waals surface area contributed by atoms with Gasteiger partial charge in [0.25, 0.3) is 0 Å². The molecular formula is C18H18N10O. The Morgan fingerprint density at radius 1 is 1.17 bits per heavy atom. The molecule has 5 heterocycles. The quantitative estimate of drug-likeness (QED) is 0.479. The van der Waals surface area contributed by atoms with Crippen LogP contribution in [0.4, 0.5) is 5.82 Å². The Hall–Kier alpha value is -4.15. The molecule has 11 nitrogen and oxygen atoms in total. The third-order valence-electron chi connectivity index (χ3n) is 4.64. The van der Waals surface area contributed by atoms with Crippen molar-refractivity contribution in [2.24, 2.45) is 14.1 Å². The molecule has 0 fully saturated rings. The van der Waals surface area contributed by atoms with Gasteiger partial charge in [-0.05, 0) is 18.6 Å². The largest absolute Gasteiger partial charge is 0.417 e. The van der Waals surface area contributed by atoms with Crippen LogP contribution in [0.3, 0.4) is 0 Å². The molecular weight excluding hydrogens is 372 g/mol. The molecule has 146 valence electrons. The fourth-order valence-electron chi connectivity index (χ4n) is 3.23. The molecule has 0 radical (unpaired) electrons.